The first kappa shape index (κ1) is 28.0. The van der Waals surface area contributed by atoms with Gasteiger partial charge in [-0.05, 0) is 37.8 Å². The molecule has 1 aromatic rings. The third-order valence-electron chi connectivity index (χ3n) is 4.83. The number of carbonyl (C=O) groups excluding carboxylic acids is 3. The number of aliphatic hydroxyl groups is 2. The molecule has 0 bridgehead atoms. The fraction of sp³-hybridized carbons (Fsp3) is 0.524. The van der Waals surface area contributed by atoms with Crippen LogP contribution in [-0.4, -0.2) is 82.9 Å². The quantitative estimate of drug-likeness (QED) is 0.125. The highest BCUT2D eigenvalue weighted by Crippen LogP contribution is 2.05. The maximum Gasteiger partial charge on any atom is 0.328 e. The van der Waals surface area contributed by atoms with Crippen LogP contribution in [-0.2, 0) is 25.6 Å². The number of aliphatic carboxylic acids is 1. The molecule has 0 aromatic heterocycles. The van der Waals surface area contributed by atoms with Crippen molar-refractivity contribution in [2.45, 2.75) is 49.9 Å². The van der Waals surface area contributed by atoms with E-state index >= 15 is 0 Å². The van der Waals surface area contributed by atoms with E-state index in [0.29, 0.717) is 19.4 Å². The van der Waals surface area contributed by atoms with Crippen molar-refractivity contribution in [1.82, 2.24) is 16.0 Å². The van der Waals surface area contributed by atoms with Crippen molar-refractivity contribution in [1.29, 1.82) is 0 Å². The summed E-state index contributed by atoms with van der Waals surface area (Å²) >= 11 is 0. The van der Waals surface area contributed by atoms with Crippen LogP contribution in [0.4, 0.5) is 0 Å². The Kier molecular flexibility index (Phi) is 12.6. The second-order valence-electron chi connectivity index (χ2n) is 7.47. The van der Waals surface area contributed by atoms with Crippen LogP contribution >= 0.6 is 0 Å². The fourth-order valence-electron chi connectivity index (χ4n) is 2.93. The number of nitrogens with two attached hydrogens (primary N) is 2. The molecule has 0 radical (unpaired) electrons. The van der Waals surface area contributed by atoms with Crippen molar-refractivity contribution in [2.24, 2.45) is 11.5 Å². The van der Waals surface area contributed by atoms with Crippen molar-refractivity contribution in [3.8, 4) is 0 Å². The van der Waals surface area contributed by atoms with E-state index in [9.17, 15) is 24.3 Å². The number of rotatable bonds is 15. The lowest BCUT2D eigenvalue weighted by Gasteiger charge is -2.24. The number of unbranched alkanes of at least 4 members (excludes halogenated alkanes) is 1. The largest absolute Gasteiger partial charge is 0.480 e. The van der Waals surface area contributed by atoms with Gasteiger partial charge in [-0.25, -0.2) is 4.79 Å². The van der Waals surface area contributed by atoms with E-state index < -0.39 is 61.1 Å². The first-order valence-electron chi connectivity index (χ1n) is 10.6. The van der Waals surface area contributed by atoms with E-state index in [1.807, 2.05) is 35.6 Å². The summed E-state index contributed by atoms with van der Waals surface area (Å²) in [7, 11) is 0. The second kappa shape index (κ2) is 14.9. The standard InChI is InChI=1S/C21H33N5O7/c22-9-5-4-8-15(24-18(29)14(23)10-13-6-2-1-3-7-13)19(30)25-16(11-27)20(31)26-17(12-28)21(32)33/h1-3,6-7,14-17,27-28H,4-5,8-12,22-23H2,(H,24,29)(H,25,30)(H,26,31)(H,32,33)/t14-,15-,16-,17-/m0/s1. The Morgan fingerprint density at radius 3 is 1.91 bits per heavy atom. The maximum atomic E-state index is 12.8. The van der Waals surface area contributed by atoms with Gasteiger partial charge in [0.25, 0.3) is 0 Å². The topological polar surface area (TPSA) is 217 Å². The zero-order valence-corrected chi connectivity index (χ0v) is 18.3. The Balaban J connectivity index is 2.82. The number of hydrogen-bond donors (Lipinski definition) is 8. The molecule has 4 atom stereocenters. The van der Waals surface area contributed by atoms with Gasteiger partial charge in [0.2, 0.25) is 17.7 Å². The Hall–Kier alpha value is -3.06. The van der Waals surface area contributed by atoms with Gasteiger partial charge in [0.15, 0.2) is 0 Å². The molecule has 0 spiro atoms. The van der Waals surface area contributed by atoms with E-state index in [4.69, 9.17) is 21.7 Å². The molecular weight excluding hydrogens is 434 g/mol. The molecule has 0 heterocycles. The number of carboxylic acid groups (broad SMARTS) is 1. The minimum atomic E-state index is -1.60. The molecule has 0 aliphatic rings. The number of hydrogen-bond acceptors (Lipinski definition) is 8. The van der Waals surface area contributed by atoms with Gasteiger partial charge in [-0.3, -0.25) is 14.4 Å². The van der Waals surface area contributed by atoms with Crippen LogP contribution in [0.2, 0.25) is 0 Å². The molecule has 3 amide bonds. The van der Waals surface area contributed by atoms with Crippen LogP contribution in [0.5, 0.6) is 0 Å². The van der Waals surface area contributed by atoms with E-state index in [-0.39, 0.29) is 12.8 Å². The Labute approximate surface area is 191 Å². The lowest BCUT2D eigenvalue weighted by atomic mass is 10.0. The lowest BCUT2D eigenvalue weighted by molar-refractivity contribution is -0.143. The van der Waals surface area contributed by atoms with Crippen LogP contribution in [0.15, 0.2) is 30.3 Å². The molecule has 0 saturated carbocycles. The number of aliphatic hydroxyl groups excluding tert-OH is 2. The summed E-state index contributed by atoms with van der Waals surface area (Å²) in [5.41, 5.74) is 12.3. The predicted molar refractivity (Wildman–Crippen MR) is 119 cm³/mol. The van der Waals surface area contributed by atoms with Gasteiger partial charge < -0.3 is 42.7 Å². The number of carbonyl (C=O) groups is 4. The molecule has 12 nitrogen and oxygen atoms in total. The zero-order valence-electron chi connectivity index (χ0n) is 18.3. The SMILES string of the molecule is NCCCC[C@H](NC(=O)[C@@H](N)Cc1ccccc1)C(=O)N[C@@H](CO)C(=O)N[C@@H](CO)C(=O)O. The average molecular weight is 468 g/mol. The molecule has 0 aliphatic heterocycles. The summed E-state index contributed by atoms with van der Waals surface area (Å²) in [6.45, 7) is -1.31. The number of amides is 3. The fourth-order valence-corrected chi connectivity index (χ4v) is 2.93. The molecule has 0 fully saturated rings. The van der Waals surface area contributed by atoms with Crippen molar-refractivity contribution >= 4 is 23.7 Å². The lowest BCUT2D eigenvalue weighted by Crippen LogP contribution is -2.58. The molecule has 10 N–H and O–H groups in total. The van der Waals surface area contributed by atoms with Gasteiger partial charge in [0.05, 0.1) is 19.3 Å². The van der Waals surface area contributed by atoms with Gasteiger partial charge in [-0.1, -0.05) is 30.3 Å². The van der Waals surface area contributed by atoms with Crippen molar-refractivity contribution in [3.05, 3.63) is 35.9 Å². The monoisotopic (exact) mass is 467 g/mol. The normalized spacial score (nSPS) is 14.4. The summed E-state index contributed by atoms with van der Waals surface area (Å²) in [5.74, 6) is -3.80. The highest BCUT2D eigenvalue weighted by molar-refractivity contribution is 5.94. The van der Waals surface area contributed by atoms with Crippen molar-refractivity contribution in [2.75, 3.05) is 19.8 Å². The van der Waals surface area contributed by atoms with Crippen molar-refractivity contribution in [3.63, 3.8) is 0 Å². The molecule has 184 valence electrons. The smallest absolute Gasteiger partial charge is 0.328 e. The molecule has 1 aromatic carbocycles. The van der Waals surface area contributed by atoms with Crippen LogP contribution in [0.25, 0.3) is 0 Å². The van der Waals surface area contributed by atoms with Crippen LogP contribution in [0.1, 0.15) is 24.8 Å². The number of carboxylic acids is 1. The summed E-state index contributed by atoms with van der Waals surface area (Å²) in [6, 6.07) is 4.04. The van der Waals surface area contributed by atoms with Gasteiger partial charge >= 0.3 is 5.97 Å². The van der Waals surface area contributed by atoms with Crippen LogP contribution in [0.3, 0.4) is 0 Å². The second-order valence-corrected chi connectivity index (χ2v) is 7.47. The van der Waals surface area contributed by atoms with Gasteiger partial charge in [-0.2, -0.15) is 0 Å². The summed E-state index contributed by atoms with van der Waals surface area (Å²) in [6.07, 6.45) is 1.56. The summed E-state index contributed by atoms with van der Waals surface area (Å²) < 4.78 is 0. The van der Waals surface area contributed by atoms with Crippen LogP contribution in [0, 0.1) is 0 Å². The van der Waals surface area contributed by atoms with E-state index in [0.717, 1.165) is 5.56 Å². The first-order chi connectivity index (χ1) is 15.7. The molecule has 12 heteroatoms. The van der Waals surface area contributed by atoms with Gasteiger partial charge in [0, 0.05) is 0 Å². The van der Waals surface area contributed by atoms with E-state index in [2.05, 4.69) is 10.6 Å². The Bertz CT molecular complexity index is 778. The summed E-state index contributed by atoms with van der Waals surface area (Å²) in [5, 5.41) is 34.3. The minimum absolute atomic E-state index is 0.209. The molecule has 0 aliphatic carbocycles. The number of benzene rings is 1. The first-order valence-corrected chi connectivity index (χ1v) is 10.6. The molecule has 0 saturated heterocycles. The highest BCUT2D eigenvalue weighted by Gasteiger charge is 2.29. The average Bonchev–Trinajstić information content (AvgIpc) is 2.80. The third kappa shape index (κ3) is 9.95. The Morgan fingerprint density at radius 2 is 1.36 bits per heavy atom. The molecular formula is C21H33N5O7. The van der Waals surface area contributed by atoms with Crippen molar-refractivity contribution < 1.29 is 34.5 Å². The Morgan fingerprint density at radius 1 is 0.818 bits per heavy atom. The summed E-state index contributed by atoms with van der Waals surface area (Å²) in [4.78, 5) is 48.5. The third-order valence-corrected chi connectivity index (χ3v) is 4.83. The van der Waals surface area contributed by atoms with Gasteiger partial charge in [0.1, 0.15) is 18.1 Å². The van der Waals surface area contributed by atoms with Gasteiger partial charge in [-0.15, -0.1) is 0 Å². The van der Waals surface area contributed by atoms with Crippen LogP contribution < -0.4 is 27.4 Å². The molecule has 1 rings (SSSR count). The zero-order chi connectivity index (χ0) is 24.8. The number of nitrogens with one attached hydrogen (secondary N) is 3. The van der Waals surface area contributed by atoms with E-state index in [1.165, 1.54) is 0 Å². The predicted octanol–water partition coefficient (Wildman–Crippen LogP) is -2.79. The van der Waals surface area contributed by atoms with E-state index in [1.54, 1.807) is 0 Å². The highest BCUT2D eigenvalue weighted by atomic mass is 16.4. The molecule has 33 heavy (non-hydrogen) atoms. The maximum absolute atomic E-state index is 12.8. The molecule has 0 unspecified atom stereocenters. The minimum Gasteiger partial charge on any atom is -0.480 e.